The van der Waals surface area contributed by atoms with Gasteiger partial charge in [0.2, 0.25) is 5.78 Å². The lowest BCUT2D eigenvalue weighted by Gasteiger charge is -2.29. The highest BCUT2D eigenvalue weighted by Gasteiger charge is 2.45. The van der Waals surface area contributed by atoms with Gasteiger partial charge in [-0.15, -0.1) is 0 Å². The average molecular weight is 485 g/mol. The van der Waals surface area contributed by atoms with Gasteiger partial charge < -0.3 is 33.9 Å². The number of nitrogens with one attached hydrogen (secondary N) is 1. The van der Waals surface area contributed by atoms with Crippen molar-refractivity contribution >= 4 is 17.4 Å². The van der Waals surface area contributed by atoms with E-state index in [0.29, 0.717) is 41.5 Å². The van der Waals surface area contributed by atoms with Crippen molar-refractivity contribution in [2.45, 2.75) is 12.5 Å². The summed E-state index contributed by atoms with van der Waals surface area (Å²) >= 11 is 0. The number of hydrogen-bond acceptors (Lipinski definition) is 7. The Bertz CT molecular complexity index is 1130. The molecule has 1 saturated heterocycles. The van der Waals surface area contributed by atoms with Crippen LogP contribution in [0.25, 0.3) is 5.76 Å². The highest BCUT2D eigenvalue weighted by Crippen LogP contribution is 2.45. The summed E-state index contributed by atoms with van der Waals surface area (Å²) in [5, 5.41) is 13.7. The molecule has 0 bridgehead atoms. The van der Waals surface area contributed by atoms with Crippen LogP contribution in [0.4, 0.5) is 0 Å². The van der Waals surface area contributed by atoms with Gasteiger partial charge in [-0.05, 0) is 23.8 Å². The standard InChI is InChI=1S/C26H32N2O7/c1-27(2)13-8-14-28-22(17-9-7-10-19(33-4)25(17)35-6)21(24(30)26(28)31)23(29)16-11-12-18(32-3)20(15-16)34-5/h7,9-12,15,22,29H,8,13-14H2,1-6H3. The van der Waals surface area contributed by atoms with Crippen molar-refractivity contribution in [3.63, 3.8) is 0 Å². The summed E-state index contributed by atoms with van der Waals surface area (Å²) < 4.78 is 21.6. The van der Waals surface area contributed by atoms with Gasteiger partial charge in [0.15, 0.2) is 23.0 Å². The summed E-state index contributed by atoms with van der Waals surface area (Å²) in [7, 11) is 9.96. The zero-order chi connectivity index (χ0) is 25.7. The van der Waals surface area contributed by atoms with E-state index in [4.69, 9.17) is 18.9 Å². The molecule has 1 fully saturated rings. The lowest BCUT2D eigenvalue weighted by atomic mass is 9.94. The number of likely N-dealkylation sites (tertiary alicyclic amines) is 1. The molecule has 9 nitrogen and oxygen atoms in total. The average Bonchev–Trinajstić information content (AvgIpc) is 3.11. The molecule has 1 heterocycles. The minimum atomic E-state index is -0.919. The molecule has 2 aromatic rings. The van der Waals surface area contributed by atoms with Gasteiger partial charge in [0, 0.05) is 24.1 Å². The molecule has 188 valence electrons. The van der Waals surface area contributed by atoms with Crippen LogP contribution in [0.1, 0.15) is 23.6 Å². The molecular weight excluding hydrogens is 452 g/mol. The topological polar surface area (TPSA) is 102 Å². The fraction of sp³-hybridized carbons (Fsp3) is 0.385. The highest BCUT2D eigenvalue weighted by molar-refractivity contribution is 6.46. The number of methoxy groups -OCH3 is 4. The number of Topliss-reactive ketones (excluding diaryl/α,β-unsaturated/α-hetero) is 1. The number of benzene rings is 2. The first-order valence-electron chi connectivity index (χ1n) is 11.3. The predicted molar refractivity (Wildman–Crippen MR) is 128 cm³/mol. The molecule has 1 aliphatic rings. The first-order valence-corrected chi connectivity index (χ1v) is 11.3. The zero-order valence-electron chi connectivity index (χ0n) is 21.0. The maximum absolute atomic E-state index is 13.7. The molecule has 1 unspecified atom stereocenters. The largest absolute Gasteiger partial charge is 0.872 e. The Labute approximate surface area is 205 Å². The van der Waals surface area contributed by atoms with Gasteiger partial charge in [0.25, 0.3) is 5.91 Å². The number of rotatable bonds is 10. The molecule has 1 N–H and O–H groups in total. The van der Waals surface area contributed by atoms with Crippen molar-refractivity contribution < 1.29 is 38.5 Å². The van der Waals surface area contributed by atoms with Crippen molar-refractivity contribution in [1.82, 2.24) is 4.90 Å². The molecule has 0 radical (unpaired) electrons. The molecule has 1 atom stereocenters. The van der Waals surface area contributed by atoms with E-state index in [2.05, 4.69) is 0 Å². The fourth-order valence-electron chi connectivity index (χ4n) is 4.29. The Morgan fingerprint density at radius 1 is 0.943 bits per heavy atom. The van der Waals surface area contributed by atoms with Gasteiger partial charge >= 0.3 is 0 Å². The van der Waals surface area contributed by atoms with Gasteiger partial charge in [-0.1, -0.05) is 24.0 Å². The van der Waals surface area contributed by atoms with Crippen LogP contribution < -0.4 is 29.0 Å². The monoisotopic (exact) mass is 484 g/mol. The Hall–Kier alpha value is -3.72. The van der Waals surface area contributed by atoms with E-state index in [-0.39, 0.29) is 11.1 Å². The third kappa shape index (κ3) is 5.05. The van der Waals surface area contributed by atoms with Crippen molar-refractivity contribution in [1.29, 1.82) is 0 Å². The Kier molecular flexibility index (Phi) is 8.24. The Balaban J connectivity index is 2.22. The molecule has 1 aliphatic heterocycles. The van der Waals surface area contributed by atoms with Crippen LogP contribution in [0.5, 0.6) is 23.0 Å². The minimum absolute atomic E-state index is 0.133. The van der Waals surface area contributed by atoms with E-state index in [1.807, 2.05) is 14.1 Å². The van der Waals surface area contributed by atoms with Crippen molar-refractivity contribution in [3.05, 3.63) is 53.1 Å². The number of para-hydroxylation sites is 1. The van der Waals surface area contributed by atoms with Crippen LogP contribution in [0.2, 0.25) is 0 Å². The van der Waals surface area contributed by atoms with E-state index >= 15 is 0 Å². The van der Waals surface area contributed by atoms with Crippen LogP contribution in [-0.2, 0) is 9.59 Å². The molecule has 3 rings (SSSR count). The van der Waals surface area contributed by atoms with Crippen LogP contribution in [-0.4, -0.2) is 72.2 Å². The number of carbonyl (C=O) groups excluding carboxylic acids is 2. The van der Waals surface area contributed by atoms with E-state index in [0.717, 1.165) is 6.54 Å². The lowest BCUT2D eigenvalue weighted by Crippen LogP contribution is -3.05. The molecule has 2 aromatic carbocycles. The second-order valence-corrected chi connectivity index (χ2v) is 8.44. The van der Waals surface area contributed by atoms with Crippen molar-refractivity contribution in [2.75, 3.05) is 55.6 Å². The van der Waals surface area contributed by atoms with Crippen LogP contribution in [0.15, 0.2) is 42.0 Å². The second kappa shape index (κ2) is 11.1. The zero-order valence-corrected chi connectivity index (χ0v) is 21.0. The number of quaternary nitrogens is 1. The molecule has 0 aromatic heterocycles. The summed E-state index contributed by atoms with van der Waals surface area (Å²) in [6, 6.07) is 8.92. The SMILES string of the molecule is COc1ccc(C([O-])=C2C(=O)C(=O)N(CCC[NH+](C)C)C2c2cccc(OC)c2OC)cc1OC. The van der Waals surface area contributed by atoms with Crippen molar-refractivity contribution in [3.8, 4) is 23.0 Å². The van der Waals surface area contributed by atoms with E-state index < -0.39 is 23.5 Å². The predicted octanol–water partition coefficient (Wildman–Crippen LogP) is 0.480. The first-order chi connectivity index (χ1) is 16.8. The van der Waals surface area contributed by atoms with E-state index in [1.54, 1.807) is 30.3 Å². The molecule has 0 saturated carbocycles. The normalized spacial score (nSPS) is 17.1. The van der Waals surface area contributed by atoms with Crippen LogP contribution in [0.3, 0.4) is 0 Å². The number of hydrogen-bond donors (Lipinski definition) is 1. The number of ether oxygens (including phenoxy) is 4. The van der Waals surface area contributed by atoms with Crippen molar-refractivity contribution in [2.24, 2.45) is 0 Å². The second-order valence-electron chi connectivity index (χ2n) is 8.44. The minimum Gasteiger partial charge on any atom is -0.872 e. The molecule has 0 spiro atoms. The van der Waals surface area contributed by atoms with Gasteiger partial charge in [-0.3, -0.25) is 9.59 Å². The number of ketones is 1. The smallest absolute Gasteiger partial charge is 0.295 e. The third-order valence-corrected chi connectivity index (χ3v) is 5.98. The maximum Gasteiger partial charge on any atom is 0.295 e. The summed E-state index contributed by atoms with van der Waals surface area (Å²) in [4.78, 5) is 29.1. The summed E-state index contributed by atoms with van der Waals surface area (Å²) in [6.07, 6.45) is 0.655. The Morgan fingerprint density at radius 3 is 2.23 bits per heavy atom. The molecular formula is C26H32N2O7. The number of nitrogens with zero attached hydrogens (tertiary/aromatic N) is 1. The lowest BCUT2D eigenvalue weighted by molar-refractivity contribution is -0.858. The first kappa shape index (κ1) is 25.9. The Morgan fingerprint density at radius 2 is 1.63 bits per heavy atom. The number of carbonyl (C=O) groups is 2. The molecule has 0 aliphatic carbocycles. The fourth-order valence-corrected chi connectivity index (χ4v) is 4.29. The van der Waals surface area contributed by atoms with Gasteiger partial charge in [0.05, 0.1) is 55.1 Å². The third-order valence-electron chi connectivity index (χ3n) is 5.98. The summed E-state index contributed by atoms with van der Waals surface area (Å²) in [5.74, 6) is -0.497. The quantitative estimate of drug-likeness (QED) is 0.297. The number of amides is 1. The van der Waals surface area contributed by atoms with Crippen LogP contribution >= 0.6 is 0 Å². The molecule has 9 heteroatoms. The highest BCUT2D eigenvalue weighted by atomic mass is 16.5. The molecule has 1 amide bonds. The maximum atomic E-state index is 13.7. The van der Waals surface area contributed by atoms with Crippen LogP contribution in [0, 0.1) is 0 Å². The van der Waals surface area contributed by atoms with E-state index in [1.165, 1.54) is 44.3 Å². The summed E-state index contributed by atoms with van der Waals surface area (Å²) in [5.41, 5.74) is 0.586. The van der Waals surface area contributed by atoms with E-state index in [9.17, 15) is 14.7 Å². The van der Waals surface area contributed by atoms with Gasteiger partial charge in [0.1, 0.15) is 0 Å². The molecule has 35 heavy (non-hydrogen) atoms. The van der Waals surface area contributed by atoms with Gasteiger partial charge in [-0.25, -0.2) is 0 Å². The van der Waals surface area contributed by atoms with Gasteiger partial charge in [-0.2, -0.15) is 0 Å². The summed E-state index contributed by atoms with van der Waals surface area (Å²) in [6.45, 7) is 1.10.